The van der Waals surface area contributed by atoms with Crippen molar-refractivity contribution in [2.24, 2.45) is 5.92 Å². The first-order valence-electron chi connectivity index (χ1n) is 6.73. The van der Waals surface area contributed by atoms with Crippen LogP contribution in [0.1, 0.15) is 25.8 Å². The average Bonchev–Trinajstić information content (AvgIpc) is 2.31. The molecule has 3 heteroatoms. The molecule has 2 rings (SSSR count). The summed E-state index contributed by atoms with van der Waals surface area (Å²) in [6.07, 6.45) is 1.15. The number of phenolic OH excluding ortho intramolecular Hbond substituents is 1. The Morgan fingerprint density at radius 1 is 1.33 bits per heavy atom. The van der Waals surface area contributed by atoms with Crippen molar-refractivity contribution in [3.8, 4) is 5.75 Å². The molecule has 0 amide bonds. The van der Waals surface area contributed by atoms with E-state index in [2.05, 4.69) is 31.1 Å². The minimum absolute atomic E-state index is 0.369. The number of phenols is 1. The Kier molecular flexibility index (Phi) is 3.81. The van der Waals surface area contributed by atoms with Crippen LogP contribution in [0.3, 0.4) is 0 Å². The molecule has 0 radical (unpaired) electrons. The van der Waals surface area contributed by atoms with E-state index in [4.69, 9.17) is 0 Å². The van der Waals surface area contributed by atoms with Crippen molar-refractivity contribution < 1.29 is 5.11 Å². The summed E-state index contributed by atoms with van der Waals surface area (Å²) >= 11 is 0. The predicted molar refractivity (Wildman–Crippen MR) is 76.1 cm³/mol. The monoisotopic (exact) mass is 248 g/mol. The number of benzene rings is 1. The normalized spacial score (nSPS) is 29.2. The smallest absolute Gasteiger partial charge is 0.120 e. The molecule has 0 spiro atoms. The third-order valence-corrected chi connectivity index (χ3v) is 4.17. The van der Waals surface area contributed by atoms with Crippen LogP contribution in [0.15, 0.2) is 18.2 Å². The van der Waals surface area contributed by atoms with Crippen LogP contribution in [-0.2, 0) is 0 Å². The minimum Gasteiger partial charge on any atom is -0.508 e. The first kappa shape index (κ1) is 13.2. The molecule has 3 nitrogen and oxygen atoms in total. The fourth-order valence-corrected chi connectivity index (χ4v) is 2.66. The molecule has 1 fully saturated rings. The van der Waals surface area contributed by atoms with Crippen molar-refractivity contribution >= 4 is 5.69 Å². The Morgan fingerprint density at radius 3 is 2.72 bits per heavy atom. The Hall–Kier alpha value is -1.22. The molecule has 1 aliphatic rings. The molecule has 0 aliphatic carbocycles. The molecule has 3 atom stereocenters. The maximum Gasteiger partial charge on any atom is 0.120 e. The Morgan fingerprint density at radius 2 is 2.06 bits per heavy atom. The van der Waals surface area contributed by atoms with Crippen LogP contribution in [0.4, 0.5) is 5.69 Å². The van der Waals surface area contributed by atoms with E-state index >= 15 is 0 Å². The molecule has 0 aromatic heterocycles. The number of likely N-dealkylation sites (tertiary alicyclic amines) is 1. The van der Waals surface area contributed by atoms with Gasteiger partial charge in [0.1, 0.15) is 5.75 Å². The van der Waals surface area contributed by atoms with Crippen molar-refractivity contribution in [2.45, 2.75) is 39.3 Å². The highest BCUT2D eigenvalue weighted by Gasteiger charge is 2.28. The number of nitrogens with one attached hydrogen (secondary N) is 1. The van der Waals surface area contributed by atoms with Gasteiger partial charge in [-0.15, -0.1) is 0 Å². The molecule has 1 heterocycles. The molecule has 1 aromatic carbocycles. The zero-order valence-corrected chi connectivity index (χ0v) is 11.8. The summed E-state index contributed by atoms with van der Waals surface area (Å²) in [6.45, 7) is 7.59. The van der Waals surface area contributed by atoms with Crippen molar-refractivity contribution in [3.63, 3.8) is 0 Å². The third kappa shape index (κ3) is 2.78. The maximum atomic E-state index is 9.74. The van der Waals surface area contributed by atoms with Gasteiger partial charge in [-0.2, -0.15) is 0 Å². The van der Waals surface area contributed by atoms with E-state index in [0.29, 0.717) is 23.8 Å². The van der Waals surface area contributed by atoms with Gasteiger partial charge in [-0.25, -0.2) is 0 Å². The van der Waals surface area contributed by atoms with Gasteiger partial charge in [0.05, 0.1) is 0 Å². The Labute approximate surface area is 110 Å². The molecule has 1 aromatic rings. The number of rotatable bonds is 2. The van der Waals surface area contributed by atoms with Crippen LogP contribution >= 0.6 is 0 Å². The second-order valence-electron chi connectivity index (χ2n) is 5.75. The van der Waals surface area contributed by atoms with Gasteiger partial charge in [0.15, 0.2) is 0 Å². The molecule has 1 aliphatic heterocycles. The number of anilines is 1. The highest BCUT2D eigenvalue weighted by atomic mass is 16.3. The van der Waals surface area contributed by atoms with Crippen LogP contribution in [0.5, 0.6) is 5.75 Å². The van der Waals surface area contributed by atoms with E-state index in [9.17, 15) is 5.11 Å². The number of aromatic hydroxyl groups is 1. The first-order valence-corrected chi connectivity index (χ1v) is 6.73. The third-order valence-electron chi connectivity index (χ3n) is 4.17. The zero-order valence-electron chi connectivity index (χ0n) is 11.8. The highest BCUT2D eigenvalue weighted by molar-refractivity contribution is 5.51. The number of hydrogen-bond donors (Lipinski definition) is 2. The zero-order chi connectivity index (χ0) is 13.3. The van der Waals surface area contributed by atoms with E-state index in [1.807, 2.05) is 25.1 Å². The Balaban J connectivity index is 2.06. The summed E-state index contributed by atoms with van der Waals surface area (Å²) in [5.41, 5.74) is 1.94. The lowest BCUT2D eigenvalue weighted by Crippen LogP contribution is -2.48. The van der Waals surface area contributed by atoms with E-state index in [1.54, 1.807) is 0 Å². The number of hydrogen-bond acceptors (Lipinski definition) is 3. The standard InChI is InChI=1S/C15H24N2O/c1-10-5-6-13(8-15(10)18)16-14-7-12(3)17(4)9-11(14)2/h5-6,8,11-12,14,16,18H,7,9H2,1-4H3. The summed E-state index contributed by atoms with van der Waals surface area (Å²) in [5, 5.41) is 13.3. The quantitative estimate of drug-likeness (QED) is 0.845. The molecular formula is C15H24N2O. The largest absolute Gasteiger partial charge is 0.508 e. The van der Waals surface area contributed by atoms with Crippen molar-refractivity contribution in [2.75, 3.05) is 18.9 Å². The van der Waals surface area contributed by atoms with Gasteiger partial charge in [0.2, 0.25) is 0 Å². The highest BCUT2D eigenvalue weighted by Crippen LogP contribution is 2.26. The Bertz CT molecular complexity index is 419. The van der Waals surface area contributed by atoms with Gasteiger partial charge in [-0.05, 0) is 44.9 Å². The fraction of sp³-hybridized carbons (Fsp3) is 0.600. The van der Waals surface area contributed by atoms with Gasteiger partial charge in [0.25, 0.3) is 0 Å². The molecule has 18 heavy (non-hydrogen) atoms. The number of nitrogens with zero attached hydrogens (tertiary/aromatic N) is 1. The number of piperidine rings is 1. The van der Waals surface area contributed by atoms with Crippen LogP contribution in [0, 0.1) is 12.8 Å². The van der Waals surface area contributed by atoms with Crippen molar-refractivity contribution in [1.82, 2.24) is 4.90 Å². The lowest BCUT2D eigenvalue weighted by atomic mass is 9.89. The minimum atomic E-state index is 0.369. The summed E-state index contributed by atoms with van der Waals surface area (Å²) < 4.78 is 0. The molecule has 2 N–H and O–H groups in total. The van der Waals surface area contributed by atoms with Crippen LogP contribution in [0.25, 0.3) is 0 Å². The molecule has 0 bridgehead atoms. The average molecular weight is 248 g/mol. The molecule has 0 saturated carbocycles. The van der Waals surface area contributed by atoms with Crippen molar-refractivity contribution in [3.05, 3.63) is 23.8 Å². The summed E-state index contributed by atoms with van der Waals surface area (Å²) in [4.78, 5) is 2.41. The topological polar surface area (TPSA) is 35.5 Å². The summed E-state index contributed by atoms with van der Waals surface area (Å²) in [6, 6.07) is 6.92. The van der Waals surface area contributed by atoms with Gasteiger partial charge in [-0.1, -0.05) is 13.0 Å². The van der Waals surface area contributed by atoms with Gasteiger partial charge >= 0.3 is 0 Å². The van der Waals surface area contributed by atoms with Gasteiger partial charge in [-0.3, -0.25) is 0 Å². The SMILES string of the molecule is Cc1ccc(NC2CC(C)N(C)CC2C)cc1O. The molecular weight excluding hydrogens is 224 g/mol. The van der Waals surface area contributed by atoms with Crippen LogP contribution in [0.2, 0.25) is 0 Å². The second-order valence-corrected chi connectivity index (χ2v) is 5.75. The van der Waals surface area contributed by atoms with E-state index < -0.39 is 0 Å². The fourth-order valence-electron chi connectivity index (χ4n) is 2.66. The van der Waals surface area contributed by atoms with Crippen LogP contribution < -0.4 is 5.32 Å². The molecule has 100 valence electrons. The lowest BCUT2D eigenvalue weighted by molar-refractivity contribution is 0.145. The number of aryl methyl sites for hydroxylation is 1. The molecule has 1 saturated heterocycles. The van der Waals surface area contributed by atoms with E-state index in [-0.39, 0.29) is 0 Å². The predicted octanol–water partition coefficient (Wildman–Crippen LogP) is 2.84. The summed E-state index contributed by atoms with van der Waals surface area (Å²) in [5.74, 6) is 0.989. The molecule has 3 unspecified atom stereocenters. The van der Waals surface area contributed by atoms with Crippen LogP contribution in [-0.4, -0.2) is 35.7 Å². The first-order chi connectivity index (χ1) is 8.47. The van der Waals surface area contributed by atoms with Gasteiger partial charge in [0, 0.05) is 30.4 Å². The lowest BCUT2D eigenvalue weighted by Gasteiger charge is -2.40. The maximum absolute atomic E-state index is 9.74. The van der Waals surface area contributed by atoms with E-state index in [1.165, 1.54) is 0 Å². The second kappa shape index (κ2) is 5.19. The summed E-state index contributed by atoms with van der Waals surface area (Å²) in [7, 11) is 2.19. The van der Waals surface area contributed by atoms with E-state index in [0.717, 1.165) is 24.2 Å². The van der Waals surface area contributed by atoms with Gasteiger partial charge < -0.3 is 15.3 Å². The van der Waals surface area contributed by atoms with Crippen molar-refractivity contribution in [1.29, 1.82) is 0 Å².